The molecule has 0 saturated carbocycles. The van der Waals surface area contributed by atoms with Gasteiger partial charge in [0.2, 0.25) is 0 Å². The van der Waals surface area contributed by atoms with E-state index in [2.05, 4.69) is 13.8 Å². The third-order valence-corrected chi connectivity index (χ3v) is 4.11. The van der Waals surface area contributed by atoms with Crippen LogP contribution in [0.1, 0.15) is 84.5 Å². The number of rotatable bonds is 13. The van der Waals surface area contributed by atoms with Gasteiger partial charge >= 0.3 is 0 Å². The van der Waals surface area contributed by atoms with Gasteiger partial charge in [0.05, 0.1) is 0 Å². The van der Waals surface area contributed by atoms with Gasteiger partial charge in [-0.05, 0) is 18.5 Å². The van der Waals surface area contributed by atoms with Crippen molar-refractivity contribution >= 4 is 8.81 Å². The maximum absolute atomic E-state index is 8.71. The highest BCUT2D eigenvalue weighted by Gasteiger charge is 2.01. The summed E-state index contributed by atoms with van der Waals surface area (Å²) in [5.41, 5.74) is 0. The molecule has 2 unspecified atom stereocenters. The molecule has 104 valence electrons. The summed E-state index contributed by atoms with van der Waals surface area (Å²) in [4.78, 5) is 8.71. The topological polar surface area (TPSA) is 20.2 Å². The first-order chi connectivity index (χ1) is 8.31. The molecule has 0 saturated heterocycles. The van der Waals surface area contributed by atoms with Gasteiger partial charge < -0.3 is 4.89 Å². The van der Waals surface area contributed by atoms with Crippen molar-refractivity contribution in [1.82, 2.24) is 0 Å². The first-order valence-electron chi connectivity index (χ1n) is 7.68. The molecular formula is C15H33OP. The molecule has 0 aliphatic rings. The van der Waals surface area contributed by atoms with Gasteiger partial charge in [0, 0.05) is 8.81 Å². The summed E-state index contributed by atoms with van der Waals surface area (Å²) in [5.74, 6) is 0.915. The molecule has 17 heavy (non-hydrogen) atoms. The smallest absolute Gasteiger partial charge is 0.0107 e. The molecule has 0 rings (SSSR count). The molecular weight excluding hydrogens is 227 g/mol. The van der Waals surface area contributed by atoms with Crippen LogP contribution in [0.15, 0.2) is 0 Å². The fourth-order valence-corrected chi connectivity index (χ4v) is 2.70. The SMILES string of the molecule is CCCCCCCCC(C)CCCCCPO. The minimum Gasteiger partial charge on any atom is -0.377 e. The second-order valence-corrected chi connectivity index (χ2v) is 6.24. The Bertz CT molecular complexity index is 139. The molecule has 0 aliphatic carbocycles. The monoisotopic (exact) mass is 260 g/mol. The van der Waals surface area contributed by atoms with Crippen molar-refractivity contribution in [3.63, 3.8) is 0 Å². The van der Waals surface area contributed by atoms with E-state index in [9.17, 15) is 0 Å². The van der Waals surface area contributed by atoms with Gasteiger partial charge in [0.25, 0.3) is 0 Å². The van der Waals surface area contributed by atoms with E-state index in [0.29, 0.717) is 0 Å². The summed E-state index contributed by atoms with van der Waals surface area (Å²) >= 11 is 0. The third kappa shape index (κ3) is 14.3. The van der Waals surface area contributed by atoms with Gasteiger partial charge in [0.1, 0.15) is 0 Å². The average molecular weight is 260 g/mol. The minimum absolute atomic E-state index is 0.163. The van der Waals surface area contributed by atoms with Crippen LogP contribution in [0.5, 0.6) is 0 Å². The lowest BCUT2D eigenvalue weighted by Gasteiger charge is -2.10. The number of hydrogen-bond donors (Lipinski definition) is 1. The molecule has 0 aromatic rings. The zero-order valence-corrected chi connectivity index (χ0v) is 13.0. The number of unbranched alkanes of at least 4 members (excludes halogenated alkanes) is 7. The molecule has 0 aromatic heterocycles. The maximum atomic E-state index is 8.71. The third-order valence-electron chi connectivity index (χ3n) is 3.54. The molecule has 2 atom stereocenters. The Balaban J connectivity index is 3.09. The molecule has 0 radical (unpaired) electrons. The first-order valence-corrected chi connectivity index (χ1v) is 8.83. The summed E-state index contributed by atoms with van der Waals surface area (Å²) in [7, 11) is 0.163. The van der Waals surface area contributed by atoms with E-state index >= 15 is 0 Å². The normalized spacial score (nSPS) is 13.6. The largest absolute Gasteiger partial charge is 0.377 e. The maximum Gasteiger partial charge on any atom is 0.0107 e. The molecule has 0 aromatic carbocycles. The van der Waals surface area contributed by atoms with E-state index in [0.717, 1.165) is 12.1 Å². The van der Waals surface area contributed by atoms with Crippen LogP contribution in [0.3, 0.4) is 0 Å². The molecule has 1 N–H and O–H groups in total. The summed E-state index contributed by atoms with van der Waals surface area (Å²) < 4.78 is 0. The zero-order chi connectivity index (χ0) is 12.8. The molecule has 2 heteroatoms. The minimum atomic E-state index is 0.163. The Morgan fingerprint density at radius 3 is 1.94 bits per heavy atom. The Morgan fingerprint density at radius 1 is 0.824 bits per heavy atom. The van der Waals surface area contributed by atoms with Gasteiger partial charge in [-0.1, -0.05) is 78.1 Å². The van der Waals surface area contributed by atoms with Crippen molar-refractivity contribution in [3.8, 4) is 0 Å². The average Bonchev–Trinajstić information content (AvgIpc) is 2.33. The van der Waals surface area contributed by atoms with Crippen LogP contribution in [0.4, 0.5) is 0 Å². The molecule has 1 nitrogen and oxygen atoms in total. The number of hydrogen-bond acceptors (Lipinski definition) is 1. The highest BCUT2D eigenvalue weighted by Crippen LogP contribution is 2.18. The molecule has 0 heterocycles. The Morgan fingerprint density at radius 2 is 1.35 bits per heavy atom. The van der Waals surface area contributed by atoms with Crippen molar-refractivity contribution in [1.29, 1.82) is 0 Å². The van der Waals surface area contributed by atoms with Gasteiger partial charge in [-0.2, -0.15) is 0 Å². The van der Waals surface area contributed by atoms with Crippen LogP contribution >= 0.6 is 8.81 Å². The molecule has 0 amide bonds. The summed E-state index contributed by atoms with van der Waals surface area (Å²) in [5, 5.41) is 0. The van der Waals surface area contributed by atoms with Crippen LogP contribution in [0.25, 0.3) is 0 Å². The summed E-state index contributed by atoms with van der Waals surface area (Å²) in [6, 6.07) is 0. The quantitative estimate of drug-likeness (QED) is 0.341. The fourth-order valence-electron chi connectivity index (χ4n) is 2.29. The Labute approximate surface area is 111 Å². The van der Waals surface area contributed by atoms with E-state index in [1.807, 2.05) is 0 Å². The fraction of sp³-hybridized carbons (Fsp3) is 1.00. The molecule has 0 aliphatic heterocycles. The van der Waals surface area contributed by atoms with Crippen molar-refractivity contribution in [2.45, 2.75) is 84.5 Å². The molecule has 0 bridgehead atoms. The molecule has 0 spiro atoms. The predicted molar refractivity (Wildman–Crippen MR) is 81.0 cm³/mol. The standard InChI is InChI=1S/C15H33OP/c1-3-4-5-6-7-9-12-15(2)13-10-8-11-14-17-16/h15-17H,3-14H2,1-2H3. The first kappa shape index (κ1) is 17.4. The van der Waals surface area contributed by atoms with E-state index in [1.54, 1.807) is 0 Å². The van der Waals surface area contributed by atoms with Crippen molar-refractivity contribution in [2.75, 3.05) is 6.16 Å². The lowest BCUT2D eigenvalue weighted by molar-refractivity contribution is 0.437. The highest BCUT2D eigenvalue weighted by molar-refractivity contribution is 7.31. The van der Waals surface area contributed by atoms with Crippen molar-refractivity contribution in [2.24, 2.45) is 5.92 Å². The van der Waals surface area contributed by atoms with Gasteiger partial charge in [0.15, 0.2) is 0 Å². The zero-order valence-electron chi connectivity index (χ0n) is 12.0. The van der Waals surface area contributed by atoms with Gasteiger partial charge in [-0.25, -0.2) is 0 Å². The van der Waals surface area contributed by atoms with E-state index < -0.39 is 0 Å². The lowest BCUT2D eigenvalue weighted by Crippen LogP contribution is -1.95. The van der Waals surface area contributed by atoms with E-state index in [-0.39, 0.29) is 8.81 Å². The van der Waals surface area contributed by atoms with Crippen molar-refractivity contribution < 1.29 is 4.89 Å². The summed E-state index contributed by atoms with van der Waals surface area (Å²) in [6.07, 6.45) is 16.3. The van der Waals surface area contributed by atoms with Gasteiger partial charge in [-0.3, -0.25) is 0 Å². The van der Waals surface area contributed by atoms with Crippen molar-refractivity contribution in [3.05, 3.63) is 0 Å². The molecule has 0 fully saturated rings. The van der Waals surface area contributed by atoms with E-state index in [1.165, 1.54) is 70.6 Å². The Hall–Kier alpha value is 0.390. The predicted octanol–water partition coefficient (Wildman–Crippen LogP) is 5.52. The van der Waals surface area contributed by atoms with E-state index in [4.69, 9.17) is 4.89 Å². The van der Waals surface area contributed by atoms with Crippen LogP contribution in [0, 0.1) is 5.92 Å². The van der Waals surface area contributed by atoms with Crippen LogP contribution < -0.4 is 0 Å². The highest BCUT2D eigenvalue weighted by atomic mass is 31.1. The Kier molecular flexibility index (Phi) is 14.8. The van der Waals surface area contributed by atoms with Gasteiger partial charge in [-0.15, -0.1) is 0 Å². The van der Waals surface area contributed by atoms with Crippen LogP contribution in [-0.4, -0.2) is 11.1 Å². The second-order valence-electron chi connectivity index (χ2n) is 5.42. The lowest BCUT2D eigenvalue weighted by atomic mass is 9.96. The second kappa shape index (κ2) is 14.5. The summed E-state index contributed by atoms with van der Waals surface area (Å²) in [6.45, 7) is 4.68. The van der Waals surface area contributed by atoms with Crippen LogP contribution in [0.2, 0.25) is 0 Å². The van der Waals surface area contributed by atoms with Crippen LogP contribution in [-0.2, 0) is 0 Å².